The first-order valence-corrected chi connectivity index (χ1v) is 9.85. The molecular weight excluding hydrogens is 366 g/mol. The van der Waals surface area contributed by atoms with Gasteiger partial charge in [-0.25, -0.2) is 4.98 Å². The lowest BCUT2D eigenvalue weighted by molar-refractivity contribution is 0.0661. The monoisotopic (exact) mass is 391 g/mol. The zero-order valence-corrected chi connectivity index (χ0v) is 16.7. The summed E-state index contributed by atoms with van der Waals surface area (Å²) in [5.74, 6) is -0.210. The van der Waals surface area contributed by atoms with E-state index in [1.54, 1.807) is 10.6 Å². The Morgan fingerprint density at radius 2 is 1.69 bits per heavy atom. The lowest BCUT2D eigenvalue weighted by Gasteiger charge is -2.32. The molecule has 1 N–H and O–H groups in total. The van der Waals surface area contributed by atoms with Gasteiger partial charge in [0.05, 0.1) is 11.6 Å². The van der Waals surface area contributed by atoms with Gasteiger partial charge in [-0.3, -0.25) is 14.0 Å². The van der Waals surface area contributed by atoms with Gasteiger partial charge in [0, 0.05) is 32.4 Å². The standard InChI is InChI=1S/C22H25N5O2/c1-16(17-8-4-3-5-9-17)23-21(28)20-24-19(18-10-6-7-11-27(18)20)22(29)26-14-12-25(2)13-15-26/h3-11,16H,12-15H2,1-2H3,(H,23,28). The molecule has 7 nitrogen and oxygen atoms in total. The highest BCUT2D eigenvalue weighted by Crippen LogP contribution is 2.18. The molecule has 1 atom stereocenters. The Kier molecular flexibility index (Phi) is 5.31. The molecule has 1 aliphatic heterocycles. The molecule has 29 heavy (non-hydrogen) atoms. The number of fused-ring (bicyclic) bond motifs is 1. The van der Waals surface area contributed by atoms with Gasteiger partial charge in [-0.2, -0.15) is 0 Å². The van der Waals surface area contributed by atoms with Crippen molar-refractivity contribution >= 4 is 17.3 Å². The summed E-state index contributed by atoms with van der Waals surface area (Å²) < 4.78 is 1.69. The maximum absolute atomic E-state index is 13.1. The zero-order chi connectivity index (χ0) is 20.4. The molecule has 0 radical (unpaired) electrons. The van der Waals surface area contributed by atoms with Gasteiger partial charge in [-0.15, -0.1) is 0 Å². The highest BCUT2D eigenvalue weighted by atomic mass is 16.2. The number of hydrogen-bond acceptors (Lipinski definition) is 4. The summed E-state index contributed by atoms with van der Waals surface area (Å²) in [6.45, 7) is 4.92. The third kappa shape index (κ3) is 3.86. The zero-order valence-electron chi connectivity index (χ0n) is 16.7. The molecule has 150 valence electrons. The maximum Gasteiger partial charge on any atom is 0.288 e. The van der Waals surface area contributed by atoms with Gasteiger partial charge in [0.15, 0.2) is 5.69 Å². The third-order valence-corrected chi connectivity index (χ3v) is 5.39. The summed E-state index contributed by atoms with van der Waals surface area (Å²) in [5.41, 5.74) is 1.98. The van der Waals surface area contributed by atoms with Crippen molar-refractivity contribution in [2.75, 3.05) is 33.2 Å². The molecule has 3 aromatic rings. The minimum atomic E-state index is -0.306. The Hall–Kier alpha value is -3.19. The summed E-state index contributed by atoms with van der Waals surface area (Å²) in [4.78, 5) is 34.6. The van der Waals surface area contributed by atoms with Gasteiger partial charge < -0.3 is 15.1 Å². The summed E-state index contributed by atoms with van der Waals surface area (Å²) in [5, 5.41) is 2.99. The number of rotatable bonds is 4. The van der Waals surface area contributed by atoms with E-state index in [1.807, 2.05) is 67.4 Å². The van der Waals surface area contributed by atoms with Gasteiger partial charge in [-0.05, 0) is 31.7 Å². The van der Waals surface area contributed by atoms with Crippen molar-refractivity contribution in [1.82, 2.24) is 24.5 Å². The lowest BCUT2D eigenvalue weighted by Crippen LogP contribution is -2.47. The summed E-state index contributed by atoms with van der Waals surface area (Å²) >= 11 is 0. The fourth-order valence-electron chi connectivity index (χ4n) is 3.60. The number of likely N-dealkylation sites (N-methyl/N-ethyl adjacent to an activating group) is 1. The van der Waals surface area contributed by atoms with Crippen LogP contribution in [0.15, 0.2) is 54.7 Å². The fraction of sp³-hybridized carbons (Fsp3) is 0.318. The number of pyridine rings is 1. The number of hydrogen-bond donors (Lipinski definition) is 1. The Morgan fingerprint density at radius 3 is 2.41 bits per heavy atom. The third-order valence-electron chi connectivity index (χ3n) is 5.39. The van der Waals surface area contributed by atoms with E-state index in [9.17, 15) is 9.59 Å². The van der Waals surface area contributed by atoms with Crippen LogP contribution < -0.4 is 5.32 Å². The van der Waals surface area contributed by atoms with Crippen LogP contribution in [0.3, 0.4) is 0 Å². The molecule has 0 bridgehead atoms. The van der Waals surface area contributed by atoms with Crippen molar-refractivity contribution < 1.29 is 9.59 Å². The van der Waals surface area contributed by atoms with Crippen LogP contribution in [0.2, 0.25) is 0 Å². The molecule has 7 heteroatoms. The molecule has 4 rings (SSSR count). The number of nitrogens with zero attached hydrogens (tertiary/aromatic N) is 4. The van der Waals surface area contributed by atoms with Gasteiger partial charge in [0.2, 0.25) is 5.82 Å². The number of carbonyl (C=O) groups is 2. The van der Waals surface area contributed by atoms with Crippen molar-refractivity contribution in [3.63, 3.8) is 0 Å². The highest BCUT2D eigenvalue weighted by molar-refractivity contribution is 6.02. The van der Waals surface area contributed by atoms with Gasteiger partial charge in [-0.1, -0.05) is 36.4 Å². The quantitative estimate of drug-likeness (QED) is 0.740. The molecule has 1 aromatic carbocycles. The first-order chi connectivity index (χ1) is 14.0. The summed E-state index contributed by atoms with van der Waals surface area (Å²) in [6, 6.07) is 15.1. The number of benzene rings is 1. The SMILES string of the molecule is CC(NC(=O)c1nc(C(=O)N2CCN(C)CC2)c2ccccn12)c1ccccc1. The van der Waals surface area contributed by atoms with Crippen LogP contribution >= 0.6 is 0 Å². The van der Waals surface area contributed by atoms with Crippen LogP contribution in [-0.4, -0.2) is 64.2 Å². The van der Waals surface area contributed by atoms with E-state index in [0.29, 0.717) is 24.3 Å². The number of amides is 2. The van der Waals surface area contributed by atoms with Crippen LogP contribution in [0.25, 0.3) is 5.52 Å². The lowest BCUT2D eigenvalue weighted by atomic mass is 10.1. The molecule has 1 saturated heterocycles. The molecule has 1 unspecified atom stereocenters. The fourth-order valence-corrected chi connectivity index (χ4v) is 3.60. The number of carbonyl (C=O) groups excluding carboxylic acids is 2. The van der Waals surface area contributed by atoms with Gasteiger partial charge >= 0.3 is 0 Å². The smallest absolute Gasteiger partial charge is 0.288 e. The van der Waals surface area contributed by atoms with E-state index in [0.717, 1.165) is 18.7 Å². The first kappa shape index (κ1) is 19.1. The van der Waals surface area contributed by atoms with Crippen molar-refractivity contribution in [2.24, 2.45) is 0 Å². The molecule has 2 aromatic heterocycles. The van der Waals surface area contributed by atoms with Crippen LogP contribution in [0.1, 0.15) is 39.6 Å². The minimum absolute atomic E-state index is 0.128. The van der Waals surface area contributed by atoms with Crippen molar-refractivity contribution in [2.45, 2.75) is 13.0 Å². The Labute approximate surface area is 169 Å². The average molecular weight is 391 g/mol. The van der Waals surface area contributed by atoms with Crippen LogP contribution in [0, 0.1) is 0 Å². The number of aromatic nitrogens is 2. The summed E-state index contributed by atoms with van der Waals surface area (Å²) in [7, 11) is 2.05. The van der Waals surface area contributed by atoms with Crippen LogP contribution in [-0.2, 0) is 0 Å². The maximum atomic E-state index is 13.1. The topological polar surface area (TPSA) is 70.0 Å². The molecule has 1 fully saturated rings. The number of nitrogens with one attached hydrogen (secondary N) is 1. The second-order valence-corrected chi connectivity index (χ2v) is 7.44. The highest BCUT2D eigenvalue weighted by Gasteiger charge is 2.27. The normalized spacial score (nSPS) is 16.0. The molecular formula is C22H25N5O2. The van der Waals surface area contributed by atoms with E-state index in [1.165, 1.54) is 0 Å². The second-order valence-electron chi connectivity index (χ2n) is 7.44. The predicted molar refractivity (Wildman–Crippen MR) is 111 cm³/mol. The van der Waals surface area contributed by atoms with E-state index >= 15 is 0 Å². The number of piperazine rings is 1. The largest absolute Gasteiger partial charge is 0.343 e. The Bertz CT molecular complexity index is 1020. The predicted octanol–water partition coefficient (Wildman–Crippen LogP) is 2.21. The molecule has 1 aliphatic rings. The van der Waals surface area contributed by atoms with Gasteiger partial charge in [0.25, 0.3) is 11.8 Å². The van der Waals surface area contributed by atoms with E-state index in [4.69, 9.17) is 0 Å². The molecule has 0 aliphatic carbocycles. The van der Waals surface area contributed by atoms with E-state index < -0.39 is 0 Å². The minimum Gasteiger partial charge on any atom is -0.343 e. The van der Waals surface area contributed by atoms with Gasteiger partial charge in [0.1, 0.15) is 0 Å². The second kappa shape index (κ2) is 8.05. The average Bonchev–Trinajstić information content (AvgIpc) is 3.14. The molecule has 0 saturated carbocycles. The van der Waals surface area contributed by atoms with Crippen molar-refractivity contribution in [3.8, 4) is 0 Å². The molecule has 3 heterocycles. The Balaban J connectivity index is 1.62. The number of imidazole rings is 1. The Morgan fingerprint density at radius 1 is 1.00 bits per heavy atom. The van der Waals surface area contributed by atoms with E-state index in [2.05, 4.69) is 15.2 Å². The molecule has 0 spiro atoms. The van der Waals surface area contributed by atoms with Crippen molar-refractivity contribution in [1.29, 1.82) is 0 Å². The molecule has 2 amide bonds. The first-order valence-electron chi connectivity index (χ1n) is 9.85. The van der Waals surface area contributed by atoms with Crippen LogP contribution in [0.5, 0.6) is 0 Å². The van der Waals surface area contributed by atoms with Crippen LogP contribution in [0.4, 0.5) is 0 Å². The summed E-state index contributed by atoms with van der Waals surface area (Å²) in [6.07, 6.45) is 1.77. The van der Waals surface area contributed by atoms with E-state index in [-0.39, 0.29) is 23.7 Å². The van der Waals surface area contributed by atoms with Crippen molar-refractivity contribution in [3.05, 3.63) is 71.8 Å².